The van der Waals surface area contributed by atoms with Gasteiger partial charge in [0.25, 0.3) is 0 Å². The molecule has 0 bridgehead atoms. The maximum absolute atomic E-state index is 12.7. The average molecular weight is 162 g/mol. The average Bonchev–Trinajstić information content (AvgIpc) is 2.17. The Balaban J connectivity index is 2.04. The predicted molar refractivity (Wildman–Crippen MR) is 36.9 cm³/mol. The summed E-state index contributed by atoms with van der Waals surface area (Å²) in [6.07, 6.45) is 0.0940. The van der Waals surface area contributed by atoms with Crippen molar-refractivity contribution in [3.8, 4) is 0 Å². The van der Waals surface area contributed by atoms with Crippen LogP contribution in [0.4, 0.5) is 8.78 Å². The number of hydrazine groups is 1. The number of nitrogens with zero attached hydrogens (tertiary/aromatic N) is 1. The van der Waals surface area contributed by atoms with Gasteiger partial charge in [-0.1, -0.05) is 0 Å². The molecule has 2 rings (SSSR count). The van der Waals surface area contributed by atoms with Crippen molar-refractivity contribution >= 4 is 0 Å². The number of halogens is 2. The SMILES string of the molecule is NN1C[C@@H]2CC(F)(F)C[C@@H]2C1. The summed E-state index contributed by atoms with van der Waals surface area (Å²) in [5, 5.41) is 1.66. The minimum atomic E-state index is -2.41. The molecule has 0 aromatic carbocycles. The third kappa shape index (κ3) is 1.25. The van der Waals surface area contributed by atoms with Crippen LogP contribution in [-0.2, 0) is 0 Å². The second-order valence-corrected chi connectivity index (χ2v) is 3.74. The first-order chi connectivity index (χ1) is 5.07. The lowest BCUT2D eigenvalue weighted by Gasteiger charge is -2.12. The van der Waals surface area contributed by atoms with Crippen LogP contribution in [0.1, 0.15) is 12.8 Å². The molecule has 0 aromatic heterocycles. The van der Waals surface area contributed by atoms with Crippen LogP contribution in [0.2, 0.25) is 0 Å². The Morgan fingerprint density at radius 1 is 1.18 bits per heavy atom. The number of rotatable bonds is 0. The van der Waals surface area contributed by atoms with Crippen LogP contribution in [0.15, 0.2) is 0 Å². The second kappa shape index (κ2) is 2.14. The molecule has 0 amide bonds. The van der Waals surface area contributed by atoms with Gasteiger partial charge in [0.15, 0.2) is 0 Å². The summed E-state index contributed by atoms with van der Waals surface area (Å²) in [7, 11) is 0. The van der Waals surface area contributed by atoms with E-state index < -0.39 is 5.92 Å². The molecule has 2 nitrogen and oxygen atoms in total. The standard InChI is InChI=1S/C7H12F2N2/c8-7(9)1-5-3-11(10)4-6(5)2-7/h5-6H,1-4,10H2/t5-,6+. The van der Waals surface area contributed by atoms with Crippen molar-refractivity contribution in [2.24, 2.45) is 17.7 Å². The summed E-state index contributed by atoms with van der Waals surface area (Å²) in [4.78, 5) is 0. The highest BCUT2D eigenvalue weighted by Crippen LogP contribution is 2.45. The Labute approximate surface area is 64.3 Å². The van der Waals surface area contributed by atoms with Crippen LogP contribution >= 0.6 is 0 Å². The lowest BCUT2D eigenvalue weighted by Crippen LogP contribution is -2.30. The minimum Gasteiger partial charge on any atom is -0.269 e. The van der Waals surface area contributed by atoms with Gasteiger partial charge in [0.1, 0.15) is 0 Å². The fourth-order valence-corrected chi connectivity index (χ4v) is 2.29. The molecule has 2 N–H and O–H groups in total. The maximum atomic E-state index is 12.7. The molecule has 64 valence electrons. The highest BCUT2D eigenvalue weighted by molar-refractivity contribution is 4.94. The Kier molecular flexibility index (Phi) is 1.44. The first-order valence-electron chi connectivity index (χ1n) is 3.94. The smallest absolute Gasteiger partial charge is 0.248 e. The van der Waals surface area contributed by atoms with E-state index in [1.165, 1.54) is 0 Å². The monoisotopic (exact) mass is 162 g/mol. The normalized spacial score (nSPS) is 42.8. The van der Waals surface area contributed by atoms with E-state index in [2.05, 4.69) is 0 Å². The van der Waals surface area contributed by atoms with Gasteiger partial charge in [-0.15, -0.1) is 0 Å². The molecular formula is C7H12F2N2. The van der Waals surface area contributed by atoms with Crippen LogP contribution in [0, 0.1) is 11.8 Å². The zero-order chi connectivity index (χ0) is 8.06. The molecular weight excluding hydrogens is 150 g/mol. The van der Waals surface area contributed by atoms with Crippen molar-refractivity contribution < 1.29 is 8.78 Å². The van der Waals surface area contributed by atoms with Crippen molar-refractivity contribution in [3.05, 3.63) is 0 Å². The highest BCUT2D eigenvalue weighted by Gasteiger charge is 2.49. The van der Waals surface area contributed by atoms with E-state index in [0.29, 0.717) is 13.1 Å². The van der Waals surface area contributed by atoms with E-state index in [-0.39, 0.29) is 24.7 Å². The molecule has 0 radical (unpaired) electrons. The quantitative estimate of drug-likeness (QED) is 0.535. The first kappa shape index (κ1) is 7.43. The van der Waals surface area contributed by atoms with Crippen molar-refractivity contribution in [1.29, 1.82) is 0 Å². The number of nitrogens with two attached hydrogens (primary N) is 1. The number of alkyl halides is 2. The third-order valence-electron chi connectivity index (χ3n) is 2.73. The molecule has 4 heteroatoms. The predicted octanol–water partition coefficient (Wildman–Crippen LogP) is 0.837. The fourth-order valence-electron chi connectivity index (χ4n) is 2.29. The van der Waals surface area contributed by atoms with Gasteiger partial charge < -0.3 is 0 Å². The van der Waals surface area contributed by atoms with E-state index in [4.69, 9.17) is 5.84 Å². The van der Waals surface area contributed by atoms with E-state index >= 15 is 0 Å². The van der Waals surface area contributed by atoms with E-state index in [1.54, 1.807) is 5.01 Å². The Hall–Kier alpha value is -0.220. The summed E-state index contributed by atoms with van der Waals surface area (Å²) < 4.78 is 25.5. The molecule has 0 unspecified atom stereocenters. The lowest BCUT2D eigenvalue weighted by atomic mass is 10.0. The summed E-state index contributed by atoms with van der Waals surface area (Å²) in [6, 6.07) is 0. The van der Waals surface area contributed by atoms with Crippen molar-refractivity contribution in [2.75, 3.05) is 13.1 Å². The van der Waals surface area contributed by atoms with E-state index in [1.807, 2.05) is 0 Å². The molecule has 0 spiro atoms. The molecule has 1 heterocycles. The van der Waals surface area contributed by atoms with Crippen molar-refractivity contribution in [3.63, 3.8) is 0 Å². The summed E-state index contributed by atoms with van der Waals surface area (Å²) in [6.45, 7) is 1.31. The molecule has 1 saturated heterocycles. The van der Waals surface area contributed by atoms with Gasteiger partial charge in [0.2, 0.25) is 5.92 Å². The minimum absolute atomic E-state index is 0.0470. The zero-order valence-corrected chi connectivity index (χ0v) is 6.26. The number of fused-ring (bicyclic) bond motifs is 1. The molecule has 2 atom stereocenters. The summed E-state index contributed by atoms with van der Waals surface area (Å²) in [5.74, 6) is 3.39. The van der Waals surface area contributed by atoms with Crippen LogP contribution in [-0.4, -0.2) is 24.0 Å². The molecule has 1 aliphatic heterocycles. The van der Waals surface area contributed by atoms with E-state index in [0.717, 1.165) is 0 Å². The Morgan fingerprint density at radius 3 is 2.09 bits per heavy atom. The van der Waals surface area contributed by atoms with Gasteiger partial charge in [-0.05, 0) is 11.8 Å². The van der Waals surface area contributed by atoms with Gasteiger partial charge in [-0.3, -0.25) is 5.84 Å². The van der Waals surface area contributed by atoms with Gasteiger partial charge in [0.05, 0.1) is 0 Å². The fraction of sp³-hybridized carbons (Fsp3) is 1.00. The third-order valence-corrected chi connectivity index (χ3v) is 2.73. The van der Waals surface area contributed by atoms with Crippen LogP contribution in [0.3, 0.4) is 0 Å². The summed E-state index contributed by atoms with van der Waals surface area (Å²) in [5.41, 5.74) is 0. The van der Waals surface area contributed by atoms with E-state index in [9.17, 15) is 8.78 Å². The highest BCUT2D eigenvalue weighted by atomic mass is 19.3. The molecule has 0 aromatic rings. The van der Waals surface area contributed by atoms with Gasteiger partial charge in [-0.2, -0.15) is 0 Å². The van der Waals surface area contributed by atoms with Gasteiger partial charge in [-0.25, -0.2) is 13.8 Å². The number of hydrogen-bond donors (Lipinski definition) is 1. The Morgan fingerprint density at radius 2 is 1.64 bits per heavy atom. The molecule has 1 saturated carbocycles. The maximum Gasteiger partial charge on any atom is 0.248 e. The molecule has 2 fully saturated rings. The van der Waals surface area contributed by atoms with Crippen LogP contribution in [0.25, 0.3) is 0 Å². The van der Waals surface area contributed by atoms with Crippen molar-refractivity contribution in [1.82, 2.24) is 5.01 Å². The largest absolute Gasteiger partial charge is 0.269 e. The first-order valence-corrected chi connectivity index (χ1v) is 3.94. The van der Waals surface area contributed by atoms with Gasteiger partial charge >= 0.3 is 0 Å². The summed E-state index contributed by atoms with van der Waals surface area (Å²) >= 11 is 0. The van der Waals surface area contributed by atoms with Crippen LogP contribution < -0.4 is 5.84 Å². The second-order valence-electron chi connectivity index (χ2n) is 3.74. The number of hydrogen-bond acceptors (Lipinski definition) is 2. The topological polar surface area (TPSA) is 29.3 Å². The molecule has 2 aliphatic rings. The molecule has 1 aliphatic carbocycles. The Bertz CT molecular complexity index is 156. The van der Waals surface area contributed by atoms with Gasteiger partial charge in [0, 0.05) is 25.9 Å². The lowest BCUT2D eigenvalue weighted by molar-refractivity contribution is -0.00255. The molecule has 11 heavy (non-hydrogen) atoms. The zero-order valence-electron chi connectivity index (χ0n) is 6.26. The van der Waals surface area contributed by atoms with Crippen LogP contribution in [0.5, 0.6) is 0 Å². The van der Waals surface area contributed by atoms with Crippen molar-refractivity contribution in [2.45, 2.75) is 18.8 Å².